The summed E-state index contributed by atoms with van der Waals surface area (Å²) >= 11 is 1.37. The Morgan fingerprint density at radius 3 is 2.12 bits per heavy atom. The molecule has 0 N–H and O–H groups in total. The van der Waals surface area contributed by atoms with Gasteiger partial charge in [0.2, 0.25) is 0 Å². The molecule has 0 aliphatic rings. The van der Waals surface area contributed by atoms with Gasteiger partial charge in [0.1, 0.15) is 13.6 Å². The van der Waals surface area contributed by atoms with Crippen molar-refractivity contribution in [3.63, 3.8) is 0 Å². The van der Waals surface area contributed by atoms with Gasteiger partial charge in [-0.15, -0.1) is 13.2 Å². The van der Waals surface area contributed by atoms with E-state index in [0.717, 1.165) is 10.4 Å². The zero-order valence-corrected chi connectivity index (χ0v) is 9.31. The van der Waals surface area contributed by atoms with E-state index in [4.69, 9.17) is 7.85 Å². The molecule has 0 saturated heterocycles. The van der Waals surface area contributed by atoms with E-state index in [1.54, 1.807) is 18.2 Å². The van der Waals surface area contributed by atoms with Crippen molar-refractivity contribution in [2.24, 2.45) is 0 Å². The van der Waals surface area contributed by atoms with Crippen molar-refractivity contribution in [1.29, 1.82) is 0 Å². The fourth-order valence-electron chi connectivity index (χ4n) is 1.33. The van der Waals surface area contributed by atoms with E-state index < -0.39 is 6.36 Å². The van der Waals surface area contributed by atoms with Crippen LogP contribution >= 0.6 is 11.3 Å². The van der Waals surface area contributed by atoms with Crippen molar-refractivity contribution in [2.45, 2.75) is 6.36 Å². The van der Waals surface area contributed by atoms with Crippen molar-refractivity contribution in [3.8, 4) is 16.2 Å². The Labute approximate surface area is 101 Å². The van der Waals surface area contributed by atoms with Crippen molar-refractivity contribution in [2.75, 3.05) is 0 Å². The third-order valence-corrected chi connectivity index (χ3v) is 2.96. The minimum Gasteiger partial charge on any atom is -0.406 e. The maximum absolute atomic E-state index is 11.9. The van der Waals surface area contributed by atoms with Gasteiger partial charge in [-0.05, 0) is 40.7 Å². The lowest BCUT2D eigenvalue weighted by Crippen LogP contribution is -2.16. The summed E-state index contributed by atoms with van der Waals surface area (Å²) in [7, 11) is 5.57. The summed E-state index contributed by atoms with van der Waals surface area (Å²) in [6.07, 6.45) is -4.66. The molecule has 1 nitrogen and oxygen atoms in total. The number of halogens is 3. The SMILES string of the molecule is [B]c1ccc(-c2ccc(OC(F)(F)F)cc2)s1. The van der Waals surface area contributed by atoms with Crippen LogP contribution in [0.1, 0.15) is 0 Å². The minimum atomic E-state index is -4.66. The molecule has 6 heteroatoms. The Kier molecular flexibility index (Phi) is 3.15. The molecule has 17 heavy (non-hydrogen) atoms. The molecule has 86 valence electrons. The predicted octanol–water partition coefficient (Wildman–Crippen LogP) is 3.11. The van der Waals surface area contributed by atoms with E-state index in [1.807, 2.05) is 6.07 Å². The fraction of sp³-hybridized carbons (Fsp3) is 0.0909. The smallest absolute Gasteiger partial charge is 0.406 e. The molecule has 1 aromatic heterocycles. The van der Waals surface area contributed by atoms with E-state index in [-0.39, 0.29) is 5.75 Å². The highest BCUT2D eigenvalue weighted by atomic mass is 32.1. The molecule has 0 amide bonds. The van der Waals surface area contributed by atoms with Crippen LogP contribution in [0.2, 0.25) is 0 Å². The van der Waals surface area contributed by atoms with Crippen molar-refractivity contribution < 1.29 is 17.9 Å². The second-order valence-electron chi connectivity index (χ2n) is 3.27. The molecule has 0 atom stereocenters. The first kappa shape index (κ1) is 12.0. The van der Waals surface area contributed by atoms with E-state index in [0.29, 0.717) is 4.78 Å². The highest BCUT2D eigenvalue weighted by Crippen LogP contribution is 2.27. The second-order valence-corrected chi connectivity index (χ2v) is 4.39. The summed E-state index contributed by atoms with van der Waals surface area (Å²) in [4.78, 5) is 0.904. The fourth-order valence-corrected chi connectivity index (χ4v) is 2.11. The van der Waals surface area contributed by atoms with Crippen LogP contribution in [0.4, 0.5) is 13.2 Å². The number of rotatable bonds is 2. The normalized spacial score (nSPS) is 11.5. The second kappa shape index (κ2) is 4.45. The highest BCUT2D eigenvalue weighted by Gasteiger charge is 2.30. The zero-order chi connectivity index (χ0) is 12.5. The molecule has 0 aliphatic carbocycles. The van der Waals surface area contributed by atoms with Crippen molar-refractivity contribution >= 4 is 24.0 Å². The monoisotopic (exact) mass is 254 g/mol. The number of alkyl halides is 3. The van der Waals surface area contributed by atoms with Gasteiger partial charge in [-0.3, -0.25) is 0 Å². The summed E-state index contributed by atoms with van der Waals surface area (Å²) in [5.74, 6) is -0.231. The van der Waals surface area contributed by atoms with E-state index in [2.05, 4.69) is 4.74 Å². The predicted molar refractivity (Wildman–Crippen MR) is 61.8 cm³/mol. The first-order valence-corrected chi connectivity index (χ1v) is 5.47. The van der Waals surface area contributed by atoms with E-state index >= 15 is 0 Å². The molecule has 0 spiro atoms. The zero-order valence-electron chi connectivity index (χ0n) is 8.49. The molecule has 2 aromatic rings. The lowest BCUT2D eigenvalue weighted by Gasteiger charge is -2.08. The quantitative estimate of drug-likeness (QED) is 0.748. The van der Waals surface area contributed by atoms with Gasteiger partial charge in [0.25, 0.3) is 0 Å². The summed E-state index contributed by atoms with van der Waals surface area (Å²) in [6, 6.07) is 9.25. The lowest BCUT2D eigenvalue weighted by atomic mass is 10.1. The van der Waals surface area contributed by atoms with Gasteiger partial charge >= 0.3 is 6.36 Å². The van der Waals surface area contributed by atoms with Gasteiger partial charge in [0.05, 0.1) is 0 Å². The molecule has 0 fully saturated rings. The number of hydrogen-bond acceptors (Lipinski definition) is 2. The van der Waals surface area contributed by atoms with Gasteiger partial charge in [-0.25, -0.2) is 0 Å². The largest absolute Gasteiger partial charge is 0.573 e. The first-order chi connectivity index (χ1) is 7.94. The Morgan fingerprint density at radius 1 is 1.00 bits per heavy atom. The average Bonchev–Trinajstić information content (AvgIpc) is 2.63. The number of ether oxygens (including phenoxy) is 1. The molecular formula is C11H6BF3OS. The van der Waals surface area contributed by atoms with Crippen LogP contribution in [0.3, 0.4) is 0 Å². The Balaban J connectivity index is 2.19. The van der Waals surface area contributed by atoms with Gasteiger partial charge in [-0.2, -0.15) is 11.3 Å². The number of hydrogen-bond donors (Lipinski definition) is 0. The summed E-state index contributed by atoms with van der Waals surface area (Å²) in [6.45, 7) is 0. The molecule has 0 saturated carbocycles. The van der Waals surface area contributed by atoms with Crippen LogP contribution in [0, 0.1) is 0 Å². The summed E-state index contributed by atoms with van der Waals surface area (Å²) < 4.78 is 40.2. The Hall–Kier alpha value is -1.43. The molecule has 0 bridgehead atoms. The molecule has 2 radical (unpaired) electrons. The Bertz CT molecular complexity index is 504. The third-order valence-electron chi connectivity index (χ3n) is 2.00. The van der Waals surface area contributed by atoms with E-state index in [1.165, 1.54) is 23.5 Å². The van der Waals surface area contributed by atoms with Gasteiger partial charge in [-0.1, -0.05) is 6.07 Å². The Morgan fingerprint density at radius 2 is 1.65 bits per heavy atom. The first-order valence-electron chi connectivity index (χ1n) is 4.65. The third kappa shape index (κ3) is 3.26. The molecule has 1 heterocycles. The average molecular weight is 254 g/mol. The maximum atomic E-state index is 11.9. The van der Waals surface area contributed by atoms with Gasteiger partial charge in [0.15, 0.2) is 0 Å². The van der Waals surface area contributed by atoms with Crippen LogP contribution in [-0.4, -0.2) is 14.2 Å². The maximum Gasteiger partial charge on any atom is 0.573 e. The molecule has 1 aromatic carbocycles. The van der Waals surface area contributed by atoms with E-state index in [9.17, 15) is 13.2 Å². The molecular weight excluding hydrogens is 248 g/mol. The summed E-state index contributed by atoms with van der Waals surface area (Å²) in [5, 5.41) is 0. The lowest BCUT2D eigenvalue weighted by molar-refractivity contribution is -0.274. The van der Waals surface area contributed by atoms with Gasteiger partial charge in [0, 0.05) is 4.88 Å². The van der Waals surface area contributed by atoms with Crippen LogP contribution in [-0.2, 0) is 0 Å². The molecule has 2 rings (SSSR count). The van der Waals surface area contributed by atoms with Crippen LogP contribution in [0.5, 0.6) is 5.75 Å². The van der Waals surface area contributed by atoms with Crippen LogP contribution in [0.25, 0.3) is 10.4 Å². The van der Waals surface area contributed by atoms with Gasteiger partial charge < -0.3 is 4.74 Å². The molecule has 0 aliphatic heterocycles. The highest BCUT2D eigenvalue weighted by molar-refractivity contribution is 7.23. The number of benzene rings is 1. The van der Waals surface area contributed by atoms with Crippen molar-refractivity contribution in [1.82, 2.24) is 0 Å². The van der Waals surface area contributed by atoms with Crippen molar-refractivity contribution in [3.05, 3.63) is 36.4 Å². The van der Waals surface area contributed by atoms with Crippen LogP contribution in [0.15, 0.2) is 36.4 Å². The topological polar surface area (TPSA) is 9.23 Å². The standard InChI is InChI=1S/C11H6BF3OS/c12-10-6-5-9(17-10)7-1-3-8(4-2-7)16-11(13,14)15/h1-6H. The molecule has 0 unspecified atom stereocenters. The summed E-state index contributed by atoms with van der Waals surface area (Å²) in [5.41, 5.74) is 0.807. The van der Waals surface area contributed by atoms with Crippen LogP contribution < -0.4 is 9.51 Å². The minimum absolute atomic E-state index is 0.231. The number of thiophene rings is 1.